The molecule has 2 heterocycles. The Morgan fingerprint density at radius 1 is 1.24 bits per heavy atom. The second kappa shape index (κ2) is 7.31. The van der Waals surface area contributed by atoms with Crippen LogP contribution in [-0.4, -0.2) is 33.2 Å². The van der Waals surface area contributed by atoms with Crippen LogP contribution in [0.1, 0.15) is 52.7 Å². The van der Waals surface area contributed by atoms with E-state index < -0.39 is 11.9 Å². The molecule has 0 aliphatic carbocycles. The van der Waals surface area contributed by atoms with Gasteiger partial charge in [0.15, 0.2) is 10.8 Å². The fourth-order valence-electron chi connectivity index (χ4n) is 2.69. The van der Waals surface area contributed by atoms with Gasteiger partial charge in [-0.1, -0.05) is 0 Å². The maximum atomic E-state index is 13.2. The van der Waals surface area contributed by atoms with Crippen molar-refractivity contribution in [3.63, 3.8) is 0 Å². The van der Waals surface area contributed by atoms with Crippen LogP contribution in [0.5, 0.6) is 0 Å². The summed E-state index contributed by atoms with van der Waals surface area (Å²) in [6.07, 6.45) is -1.62. The van der Waals surface area contributed by atoms with Gasteiger partial charge in [-0.25, -0.2) is 4.98 Å². The lowest BCUT2D eigenvalue weighted by molar-refractivity contribution is -0.141. The summed E-state index contributed by atoms with van der Waals surface area (Å²) in [4.78, 5) is 9.76. The lowest BCUT2D eigenvalue weighted by Crippen LogP contribution is -2.43. The molecule has 1 aromatic heterocycles. The first-order chi connectivity index (χ1) is 11.5. The molecule has 2 N–H and O–H groups in total. The Kier molecular flexibility index (Phi) is 5.75. The summed E-state index contributed by atoms with van der Waals surface area (Å²) in [5, 5.41) is 5.84. The molecule has 1 fully saturated rings. The Labute approximate surface area is 151 Å². The first-order valence-electron chi connectivity index (χ1n) is 8.28. The van der Waals surface area contributed by atoms with Crippen molar-refractivity contribution in [3.8, 4) is 0 Å². The molecule has 0 unspecified atom stereocenters. The Balaban J connectivity index is 2.32. The van der Waals surface area contributed by atoms with E-state index in [0.29, 0.717) is 6.54 Å². The Bertz CT molecular complexity index is 627. The van der Waals surface area contributed by atoms with Gasteiger partial charge in [-0.15, -0.1) is 0 Å². The minimum absolute atomic E-state index is 0.136. The van der Waals surface area contributed by atoms with Crippen molar-refractivity contribution in [1.82, 2.24) is 15.3 Å². The van der Waals surface area contributed by atoms with E-state index in [1.165, 1.54) is 0 Å². The van der Waals surface area contributed by atoms with Crippen molar-refractivity contribution in [1.29, 1.82) is 0 Å². The molecular weight excluding hydrogens is 351 g/mol. The molecule has 0 aromatic carbocycles. The van der Waals surface area contributed by atoms with Crippen LogP contribution in [0.2, 0.25) is 0 Å². The summed E-state index contributed by atoms with van der Waals surface area (Å²) in [5.74, 6) is 0.125. The highest BCUT2D eigenvalue weighted by Gasteiger charge is 2.35. The van der Waals surface area contributed by atoms with E-state index in [-0.39, 0.29) is 28.5 Å². The van der Waals surface area contributed by atoms with Gasteiger partial charge < -0.3 is 15.5 Å². The third-order valence-electron chi connectivity index (χ3n) is 3.81. The first kappa shape index (κ1) is 19.7. The van der Waals surface area contributed by atoms with Crippen molar-refractivity contribution in [2.75, 3.05) is 16.8 Å². The van der Waals surface area contributed by atoms with E-state index in [1.807, 2.05) is 32.6 Å². The van der Waals surface area contributed by atoms with E-state index in [1.54, 1.807) is 0 Å². The Hall–Kier alpha value is -1.64. The zero-order chi connectivity index (χ0) is 18.8. The van der Waals surface area contributed by atoms with Crippen molar-refractivity contribution < 1.29 is 13.2 Å². The molecular formula is C16H24F3N5S. The predicted octanol–water partition coefficient (Wildman–Crippen LogP) is 3.96. The van der Waals surface area contributed by atoms with Crippen molar-refractivity contribution >= 4 is 29.1 Å². The summed E-state index contributed by atoms with van der Waals surface area (Å²) in [6, 6.07) is 1.14. The second-order valence-corrected chi connectivity index (χ2v) is 7.71. The molecule has 25 heavy (non-hydrogen) atoms. The van der Waals surface area contributed by atoms with Crippen LogP contribution < -0.4 is 15.5 Å². The van der Waals surface area contributed by atoms with Gasteiger partial charge in [0.1, 0.15) is 5.82 Å². The molecule has 1 aliphatic heterocycles. The summed E-state index contributed by atoms with van der Waals surface area (Å²) in [6.45, 7) is 8.37. The quantitative estimate of drug-likeness (QED) is 0.763. The standard InChI is InChI=1S/C16H24F3N5S/c1-10-7-5-6-8-24(10)12-9-11(16(17,18)19)20-13(21-12)22-14(25)23-15(2,3)4/h9-10H,5-8H2,1-4H3,(H2,20,21,22,23,25)/t10-/m0/s1. The number of anilines is 2. The van der Waals surface area contributed by atoms with Gasteiger partial charge in [-0.3, -0.25) is 0 Å². The van der Waals surface area contributed by atoms with Crippen LogP contribution >= 0.6 is 12.2 Å². The molecule has 0 saturated carbocycles. The third kappa shape index (κ3) is 5.69. The lowest BCUT2D eigenvalue weighted by atomic mass is 10.0. The van der Waals surface area contributed by atoms with E-state index in [0.717, 1.165) is 25.3 Å². The van der Waals surface area contributed by atoms with Crippen molar-refractivity contribution in [2.24, 2.45) is 0 Å². The minimum Gasteiger partial charge on any atom is -0.358 e. The van der Waals surface area contributed by atoms with Gasteiger partial charge >= 0.3 is 6.18 Å². The zero-order valence-electron chi connectivity index (χ0n) is 14.9. The molecule has 1 aromatic rings. The van der Waals surface area contributed by atoms with Gasteiger partial charge in [0.25, 0.3) is 0 Å². The molecule has 0 bridgehead atoms. The van der Waals surface area contributed by atoms with E-state index in [4.69, 9.17) is 12.2 Å². The average Bonchev–Trinajstić information content (AvgIpc) is 2.44. The number of halogens is 3. The topological polar surface area (TPSA) is 53.1 Å². The monoisotopic (exact) mass is 375 g/mol. The lowest BCUT2D eigenvalue weighted by Gasteiger charge is -2.34. The van der Waals surface area contributed by atoms with Gasteiger partial charge in [0.2, 0.25) is 5.95 Å². The van der Waals surface area contributed by atoms with Crippen LogP contribution in [-0.2, 0) is 6.18 Å². The van der Waals surface area contributed by atoms with Gasteiger partial charge in [-0.2, -0.15) is 18.2 Å². The maximum Gasteiger partial charge on any atom is 0.433 e. The minimum atomic E-state index is -4.55. The van der Waals surface area contributed by atoms with Crippen molar-refractivity contribution in [2.45, 2.75) is 64.7 Å². The second-order valence-electron chi connectivity index (χ2n) is 7.30. The van der Waals surface area contributed by atoms with Gasteiger partial charge in [0, 0.05) is 24.2 Å². The first-order valence-corrected chi connectivity index (χ1v) is 8.68. The molecule has 1 aliphatic rings. The molecule has 5 nitrogen and oxygen atoms in total. The summed E-state index contributed by atoms with van der Waals surface area (Å²) in [5.41, 5.74) is -1.30. The zero-order valence-corrected chi connectivity index (χ0v) is 15.7. The molecule has 1 saturated heterocycles. The van der Waals surface area contributed by atoms with Crippen molar-refractivity contribution in [3.05, 3.63) is 11.8 Å². The molecule has 0 radical (unpaired) electrons. The van der Waals surface area contributed by atoms with Crippen LogP contribution in [0, 0.1) is 0 Å². The fraction of sp³-hybridized carbons (Fsp3) is 0.688. The largest absolute Gasteiger partial charge is 0.433 e. The number of rotatable bonds is 2. The number of aromatic nitrogens is 2. The average molecular weight is 375 g/mol. The van der Waals surface area contributed by atoms with E-state index >= 15 is 0 Å². The molecule has 0 spiro atoms. The van der Waals surface area contributed by atoms with Crippen LogP contribution in [0.25, 0.3) is 0 Å². The number of hydrogen-bond acceptors (Lipinski definition) is 4. The molecule has 0 amide bonds. The van der Waals surface area contributed by atoms with Gasteiger partial charge in [0.05, 0.1) is 0 Å². The molecule has 9 heteroatoms. The highest BCUT2D eigenvalue weighted by atomic mass is 32.1. The molecule has 140 valence electrons. The highest BCUT2D eigenvalue weighted by molar-refractivity contribution is 7.80. The molecule has 2 rings (SSSR count). The van der Waals surface area contributed by atoms with E-state index in [9.17, 15) is 13.2 Å². The number of hydrogen-bond donors (Lipinski definition) is 2. The number of piperidine rings is 1. The summed E-state index contributed by atoms with van der Waals surface area (Å²) < 4.78 is 39.7. The van der Waals surface area contributed by atoms with Gasteiger partial charge in [-0.05, 0) is 59.2 Å². The highest BCUT2D eigenvalue weighted by Crippen LogP contribution is 2.32. The number of alkyl halides is 3. The predicted molar refractivity (Wildman–Crippen MR) is 96.8 cm³/mol. The fourth-order valence-corrected chi connectivity index (χ4v) is 3.09. The summed E-state index contributed by atoms with van der Waals surface area (Å²) >= 11 is 5.15. The number of nitrogens with zero attached hydrogens (tertiary/aromatic N) is 3. The van der Waals surface area contributed by atoms with Crippen LogP contribution in [0.15, 0.2) is 6.07 Å². The number of thiocarbonyl (C=S) groups is 1. The molecule has 1 atom stereocenters. The summed E-state index contributed by atoms with van der Waals surface area (Å²) in [7, 11) is 0. The van der Waals surface area contributed by atoms with Crippen LogP contribution in [0.3, 0.4) is 0 Å². The number of nitrogens with one attached hydrogen (secondary N) is 2. The third-order valence-corrected chi connectivity index (χ3v) is 4.02. The SMILES string of the molecule is C[C@H]1CCCCN1c1cc(C(F)(F)F)nc(NC(=S)NC(C)(C)C)n1. The Morgan fingerprint density at radius 3 is 2.48 bits per heavy atom. The van der Waals surface area contributed by atoms with Crippen LogP contribution in [0.4, 0.5) is 24.9 Å². The van der Waals surface area contributed by atoms with E-state index in [2.05, 4.69) is 20.6 Å². The maximum absolute atomic E-state index is 13.2. The normalized spacial score (nSPS) is 18.8. The smallest absolute Gasteiger partial charge is 0.358 e. The Morgan fingerprint density at radius 2 is 1.92 bits per heavy atom.